The fraction of sp³-hybridized carbons (Fsp3) is 0. The fourth-order valence-electron chi connectivity index (χ4n) is 19.1. The molecule has 24 rings (SSSR count). The largest absolute Gasteiger partial charge is 0.310 e. The minimum absolute atomic E-state index is 1.05. The summed E-state index contributed by atoms with van der Waals surface area (Å²) in [6, 6.07) is 169. The highest BCUT2D eigenvalue weighted by molar-refractivity contribution is 6.30. The van der Waals surface area contributed by atoms with E-state index in [9.17, 15) is 0 Å². The van der Waals surface area contributed by atoms with Crippen LogP contribution in [-0.2, 0) is 0 Å². The first-order chi connectivity index (χ1) is 60.1. The second-order valence-corrected chi connectivity index (χ2v) is 31.1. The number of hydrogen-bond donors (Lipinski definition) is 0. The van der Waals surface area contributed by atoms with Crippen LogP contribution in [0.1, 0.15) is 0 Å². The molecule has 24 aromatic rings. The predicted octanol–water partition coefficient (Wildman–Crippen LogP) is 30.8. The number of aromatic nitrogens is 5. The Hall–Kier alpha value is -16.2. The number of fused-ring (bicyclic) bond motifs is 17. The van der Waals surface area contributed by atoms with Crippen LogP contribution < -0.4 is 9.80 Å². The van der Waals surface area contributed by atoms with E-state index in [2.05, 4.69) is 500 Å². The number of nitrogens with zero attached hydrogens (tertiary/aromatic N) is 7. The van der Waals surface area contributed by atoms with Crippen molar-refractivity contribution in [2.45, 2.75) is 0 Å². The maximum absolute atomic E-state index is 2.49. The van der Waals surface area contributed by atoms with Gasteiger partial charge in [-0.05, 0) is 215 Å². The van der Waals surface area contributed by atoms with E-state index < -0.39 is 0 Å². The van der Waals surface area contributed by atoms with Crippen LogP contribution in [0.3, 0.4) is 0 Å². The molecule has 0 bridgehead atoms. The van der Waals surface area contributed by atoms with Gasteiger partial charge in [0.1, 0.15) is 0 Å². The quantitative estimate of drug-likeness (QED) is 0.109. The summed E-state index contributed by atoms with van der Waals surface area (Å²) >= 11 is 0. The summed E-state index contributed by atoms with van der Waals surface area (Å²) in [6.07, 6.45) is 0. The third-order valence-corrected chi connectivity index (χ3v) is 24.2. The Bertz CT molecular complexity index is 7840. The van der Waals surface area contributed by atoms with Gasteiger partial charge >= 0.3 is 0 Å². The van der Waals surface area contributed by atoms with Gasteiger partial charge in [-0.3, -0.25) is 0 Å². The van der Waals surface area contributed by atoms with Crippen molar-refractivity contribution in [3.63, 3.8) is 0 Å². The molecule has 0 N–H and O–H groups in total. The van der Waals surface area contributed by atoms with E-state index in [1.165, 1.54) is 126 Å². The van der Waals surface area contributed by atoms with Crippen molar-refractivity contribution in [2.75, 3.05) is 9.80 Å². The van der Waals surface area contributed by atoms with Gasteiger partial charge in [0.05, 0.1) is 55.2 Å². The summed E-state index contributed by atoms with van der Waals surface area (Å²) in [7, 11) is 0. The van der Waals surface area contributed by atoms with Crippen molar-refractivity contribution in [1.82, 2.24) is 22.8 Å². The van der Waals surface area contributed by atoms with Gasteiger partial charge in [0, 0.05) is 116 Å². The molecule has 0 spiro atoms. The van der Waals surface area contributed by atoms with Crippen molar-refractivity contribution in [3.8, 4) is 61.8 Å². The Morgan fingerprint density at radius 3 is 0.760 bits per heavy atom. The van der Waals surface area contributed by atoms with Crippen LogP contribution in [0.25, 0.3) is 171 Å². The Morgan fingerprint density at radius 2 is 0.397 bits per heavy atom. The Labute approximate surface area is 700 Å². The highest BCUT2D eigenvalue weighted by Crippen LogP contribution is 2.52. The number of rotatable bonds is 14. The molecule has 5 aromatic heterocycles. The maximum Gasteiger partial charge on any atom is 0.0795 e. The molecule has 19 aromatic carbocycles. The third-order valence-electron chi connectivity index (χ3n) is 24.2. The molecule has 0 aliphatic heterocycles. The second-order valence-electron chi connectivity index (χ2n) is 31.1. The Kier molecular flexibility index (Phi) is 17.1. The first-order valence-electron chi connectivity index (χ1n) is 41.5. The molecule has 0 radical (unpaired) electrons. The van der Waals surface area contributed by atoms with Gasteiger partial charge in [-0.1, -0.05) is 285 Å². The van der Waals surface area contributed by atoms with Crippen LogP contribution >= 0.6 is 0 Å². The van der Waals surface area contributed by atoms with Crippen molar-refractivity contribution in [1.29, 1.82) is 0 Å². The van der Waals surface area contributed by atoms with Crippen LogP contribution in [0.2, 0.25) is 0 Å². The normalized spacial score (nSPS) is 11.6. The zero-order valence-electron chi connectivity index (χ0n) is 66.1. The van der Waals surface area contributed by atoms with Crippen molar-refractivity contribution in [3.05, 3.63) is 467 Å². The van der Waals surface area contributed by atoms with Crippen LogP contribution in [0.15, 0.2) is 467 Å². The highest BCUT2D eigenvalue weighted by Gasteiger charge is 2.29. The molecule has 7 heteroatoms. The summed E-state index contributed by atoms with van der Waals surface area (Å²) in [5.41, 5.74) is 31.1. The van der Waals surface area contributed by atoms with E-state index in [0.717, 1.165) is 79.0 Å². The Morgan fingerprint density at radius 1 is 0.140 bits per heavy atom. The fourth-order valence-corrected chi connectivity index (χ4v) is 19.1. The molecule has 0 fully saturated rings. The monoisotopic (exact) mass is 1540 g/mol. The number of para-hydroxylation sites is 14. The first-order valence-corrected chi connectivity index (χ1v) is 41.5. The lowest BCUT2D eigenvalue weighted by Gasteiger charge is -2.30. The van der Waals surface area contributed by atoms with Crippen molar-refractivity contribution >= 4 is 143 Å². The van der Waals surface area contributed by atoms with Gasteiger partial charge in [-0.15, -0.1) is 0 Å². The van der Waals surface area contributed by atoms with Crippen molar-refractivity contribution < 1.29 is 0 Å². The summed E-state index contributed by atoms with van der Waals surface area (Å²) in [4.78, 5) is 4.76. The molecular formula is C114H77N7. The Balaban J connectivity index is 0.000000142. The lowest BCUT2D eigenvalue weighted by atomic mass is 9.94. The zero-order valence-corrected chi connectivity index (χ0v) is 66.1. The topological polar surface area (TPSA) is 31.1 Å². The molecule has 0 aliphatic rings. The minimum atomic E-state index is 1.05. The molecule has 7 nitrogen and oxygen atoms in total. The van der Waals surface area contributed by atoms with Gasteiger partial charge in [0.2, 0.25) is 0 Å². The van der Waals surface area contributed by atoms with Gasteiger partial charge in [-0.2, -0.15) is 0 Å². The van der Waals surface area contributed by atoms with Crippen LogP contribution in [0.5, 0.6) is 0 Å². The highest BCUT2D eigenvalue weighted by atomic mass is 15.2. The average molecular weight is 1540 g/mol. The summed E-state index contributed by atoms with van der Waals surface area (Å²) < 4.78 is 12.3. The average Bonchev–Trinajstić information content (AvgIpc) is 1.54. The predicted molar refractivity (Wildman–Crippen MR) is 510 cm³/mol. The first kappa shape index (κ1) is 70.2. The smallest absolute Gasteiger partial charge is 0.0795 e. The van der Waals surface area contributed by atoms with Crippen molar-refractivity contribution in [2.24, 2.45) is 0 Å². The zero-order chi connectivity index (χ0) is 79.9. The molecule has 0 saturated heterocycles. The van der Waals surface area contributed by atoms with E-state index >= 15 is 0 Å². The molecular weight excluding hydrogens is 1470 g/mol. The molecule has 0 unspecified atom stereocenters. The van der Waals surface area contributed by atoms with Crippen LogP contribution in [0.4, 0.5) is 34.1 Å². The van der Waals surface area contributed by atoms with E-state index in [1.54, 1.807) is 0 Å². The SMILES string of the molecule is c1ccc(-n2c3ccccc3c3cc(-c4ccc(-c5cc6c7ccccc7n(-c7ccccc7)c6c6c5c5ccccc5n6-c5ccccc5)cc4)ccc32)cc1.c1ccc(N(c2ccccc2)c2cc(-c3cc4c5ccccc5n(-c5ccccc5)c4c4c3c3ccccc3n4-c3ccccc3)cc(N(c3ccccc3)c3ccccc3)c2)cc1. The second kappa shape index (κ2) is 29.5. The van der Waals surface area contributed by atoms with E-state index in [0.29, 0.717) is 0 Å². The molecule has 0 saturated carbocycles. The lowest BCUT2D eigenvalue weighted by molar-refractivity contribution is 1.15. The van der Waals surface area contributed by atoms with Gasteiger partial charge in [-0.25, -0.2) is 0 Å². The van der Waals surface area contributed by atoms with E-state index in [1.807, 2.05) is 0 Å². The summed E-state index contributed by atoms with van der Waals surface area (Å²) in [5, 5.41) is 12.3. The summed E-state index contributed by atoms with van der Waals surface area (Å²) in [5.74, 6) is 0. The van der Waals surface area contributed by atoms with Gasteiger partial charge in [0.15, 0.2) is 0 Å². The third kappa shape index (κ3) is 11.8. The molecule has 0 atom stereocenters. The minimum Gasteiger partial charge on any atom is -0.310 e. The van der Waals surface area contributed by atoms with Crippen LogP contribution in [-0.4, -0.2) is 22.8 Å². The summed E-state index contributed by atoms with van der Waals surface area (Å²) in [6.45, 7) is 0. The van der Waals surface area contributed by atoms with E-state index in [-0.39, 0.29) is 0 Å². The number of benzene rings is 19. The lowest BCUT2D eigenvalue weighted by Crippen LogP contribution is -2.13. The molecule has 0 aliphatic carbocycles. The van der Waals surface area contributed by atoms with Crippen LogP contribution in [0, 0.1) is 0 Å². The maximum atomic E-state index is 2.49. The van der Waals surface area contributed by atoms with E-state index in [4.69, 9.17) is 0 Å². The molecule has 0 amide bonds. The standard InChI is InChI=1S/C60H42N4.C54H35N3/c1-7-23-44(24-8-1)61(45-25-9-2-10-26-45)50-39-43(40-51(41-50)62(46-27-11-3-12-28-46)47-29-13-4-14-30-47)54-42-55-52-35-19-21-37-56(52)63(48-31-15-5-16-32-48)59(55)60-58(54)53-36-20-22-38-57(53)64(60)49-33-17-6-18-34-49;1-4-16-39(17-5-1)55-48-25-13-10-22-42(48)46-34-38(32-33-51(46)55)36-28-30-37(31-29-36)45-35-47-43-23-11-14-26-49(43)56(40-18-6-2-7-19-40)53(47)54-52(45)44-24-12-15-27-50(44)57(54)41-20-8-3-9-21-41/h1-42H;1-35H. The molecule has 5 heterocycles. The number of anilines is 6. The van der Waals surface area contributed by atoms with Gasteiger partial charge in [0.25, 0.3) is 0 Å². The number of hydrogen-bond acceptors (Lipinski definition) is 2. The molecule has 568 valence electrons. The van der Waals surface area contributed by atoms with Gasteiger partial charge < -0.3 is 32.6 Å². The molecule has 121 heavy (non-hydrogen) atoms.